The van der Waals surface area contributed by atoms with Crippen LogP contribution in [0.25, 0.3) is 22.3 Å². The van der Waals surface area contributed by atoms with Crippen LogP contribution in [0.1, 0.15) is 103 Å². The molecule has 66 heavy (non-hydrogen) atoms. The topological polar surface area (TPSA) is 172 Å². The van der Waals surface area contributed by atoms with Gasteiger partial charge in [-0.1, -0.05) is 55.5 Å². The van der Waals surface area contributed by atoms with Gasteiger partial charge in [-0.05, 0) is 89.5 Å². The molecule has 1 aliphatic heterocycles. The van der Waals surface area contributed by atoms with Crippen LogP contribution >= 0.6 is 30.3 Å². The van der Waals surface area contributed by atoms with Crippen LogP contribution in [0.3, 0.4) is 0 Å². The van der Waals surface area contributed by atoms with Crippen molar-refractivity contribution in [3.63, 3.8) is 0 Å². The first-order valence-electron chi connectivity index (χ1n) is 22.9. The number of anilines is 1. The molecule has 18 heteroatoms. The van der Waals surface area contributed by atoms with Crippen molar-refractivity contribution in [2.45, 2.75) is 133 Å². The summed E-state index contributed by atoms with van der Waals surface area (Å²) in [5, 5.41) is 10.9. The third-order valence-corrected chi connectivity index (χ3v) is 16.6. The summed E-state index contributed by atoms with van der Waals surface area (Å²) in [6, 6.07) is 7.57. The zero-order chi connectivity index (χ0) is 47.2. The Labute approximate surface area is 393 Å². The molecule has 1 saturated heterocycles. The highest BCUT2D eigenvalue weighted by Crippen LogP contribution is 2.71. The van der Waals surface area contributed by atoms with E-state index in [0.29, 0.717) is 64.1 Å². The van der Waals surface area contributed by atoms with Crippen molar-refractivity contribution in [2.75, 3.05) is 19.0 Å². The van der Waals surface area contributed by atoms with Gasteiger partial charge in [-0.25, -0.2) is 18.7 Å². The number of allylic oxidation sites excluding steroid dienone is 1. The molecule has 3 fully saturated rings. The van der Waals surface area contributed by atoms with Gasteiger partial charge in [-0.15, -0.1) is 11.3 Å². The molecule has 3 amide bonds. The van der Waals surface area contributed by atoms with Crippen LogP contribution in [0.15, 0.2) is 53.9 Å². The van der Waals surface area contributed by atoms with Crippen molar-refractivity contribution in [1.29, 1.82) is 0 Å². The number of halogens is 3. The summed E-state index contributed by atoms with van der Waals surface area (Å²) >= 11 is 8.20. The van der Waals surface area contributed by atoms with E-state index in [2.05, 4.69) is 16.0 Å². The lowest BCUT2D eigenvalue weighted by atomic mass is 10.0. The number of fused-ring (bicyclic) bond motifs is 1. The molecule has 356 valence electrons. The van der Waals surface area contributed by atoms with Crippen LogP contribution in [0, 0.1) is 23.5 Å². The average molecular weight is 970 g/mol. The Hall–Kier alpha value is -4.63. The van der Waals surface area contributed by atoms with Gasteiger partial charge in [-0.3, -0.25) is 18.9 Å². The number of ether oxygens (including phenoxy) is 2. The first kappa shape index (κ1) is 49.3. The Morgan fingerprint density at radius 2 is 1.83 bits per heavy atom. The zero-order valence-corrected chi connectivity index (χ0v) is 40.3. The van der Waals surface area contributed by atoms with Crippen molar-refractivity contribution in [3.05, 3.63) is 76.2 Å². The van der Waals surface area contributed by atoms with E-state index in [4.69, 9.17) is 31.0 Å². The van der Waals surface area contributed by atoms with E-state index >= 15 is 0 Å². The zero-order valence-electron chi connectivity index (χ0n) is 37.9. The number of hydrogen-bond donors (Lipinski definition) is 4. The summed E-state index contributed by atoms with van der Waals surface area (Å²) in [6.45, 7) is 6.06. The van der Waals surface area contributed by atoms with Gasteiger partial charge in [0.15, 0.2) is 5.13 Å². The number of carbonyl (C=O) groups excluding carboxylic acids is 3. The molecule has 4 aromatic rings. The fourth-order valence-corrected chi connectivity index (χ4v) is 12.8. The molecule has 7 rings (SSSR count). The van der Waals surface area contributed by atoms with E-state index in [1.54, 1.807) is 24.3 Å². The number of aromatic nitrogens is 2. The number of amides is 3. The third kappa shape index (κ3) is 11.5. The highest BCUT2D eigenvalue weighted by molar-refractivity contribution is 7.59. The van der Waals surface area contributed by atoms with Crippen LogP contribution in [-0.4, -0.2) is 81.1 Å². The van der Waals surface area contributed by atoms with Crippen LogP contribution in [0.2, 0.25) is 5.02 Å². The Morgan fingerprint density at radius 3 is 2.55 bits per heavy atom. The molecule has 6 atom stereocenters. The summed E-state index contributed by atoms with van der Waals surface area (Å²) in [5.74, 6) is -1.80. The average Bonchev–Trinajstić information content (AvgIpc) is 3.68. The molecular weight excluding hydrogens is 909 g/mol. The molecule has 2 aliphatic carbocycles. The Morgan fingerprint density at radius 1 is 1.08 bits per heavy atom. The number of thiazole rings is 1. The number of nitrogens with one attached hydrogen (secondary N) is 3. The molecule has 1 unspecified atom stereocenters. The third-order valence-electron chi connectivity index (χ3n) is 12.9. The predicted octanol–water partition coefficient (Wildman–Crippen LogP) is 9.99. The van der Waals surface area contributed by atoms with Gasteiger partial charge in [0.25, 0.3) is 0 Å². The monoisotopic (exact) mass is 968 g/mol. The lowest BCUT2D eigenvalue weighted by Gasteiger charge is -2.28. The number of likely N-dealkylation sites (tertiary alicyclic amines) is 1. The van der Waals surface area contributed by atoms with Crippen LogP contribution < -0.4 is 25.4 Å². The number of rotatable bonds is 22. The van der Waals surface area contributed by atoms with E-state index in [1.807, 2.05) is 32.2 Å². The van der Waals surface area contributed by atoms with Gasteiger partial charge in [0.1, 0.15) is 51.3 Å². The molecule has 3 heterocycles. The smallest absolute Gasteiger partial charge is 0.243 e. The maximum atomic E-state index is 14.9. The number of hydrogen-bond acceptors (Lipinski definition) is 10. The maximum absolute atomic E-state index is 14.9. The standard InChI is InChI=1S/C48H60ClF2N6O7PS/c1-29(2)52-47-55-39(27-66-47)38-23-42(34-19-20-41(63-4)44(49)45(34)54-38)64-33-22-40(57(25-33)28-58)46(60)56-48(65(61,62)26-35-36(50)17-12-18-37(35)51)24-32(48)16-9-7-5-6-8-13-30(3)53-43(59)21-31-14-10-11-15-31/h9,12,16-20,23,27-33,40H,5-8,10-11,13-15,21-22,24-26H2,1-4H3,(H,52,55)(H,53,59)(H,56,60)(H,61,62)/b16-9-/t30-,32-,33-,40+,48+/m1/s1. The normalized spacial score (nSPS) is 22.1. The molecule has 0 radical (unpaired) electrons. The van der Waals surface area contributed by atoms with Crippen molar-refractivity contribution >= 4 is 64.6 Å². The largest absolute Gasteiger partial charge is 0.495 e. The SMILES string of the molecule is COc1ccc2c(O[C@@H]3C[C@@H](C(=O)N[C@]4(P(=O)(O)Cc5c(F)cccc5F)C[C@H]4/C=C\CCCCC[C@@H](C)NC(=O)CC4CCCC4)N(C=O)C3)cc(-c3csc(NC(C)C)n3)nc2c1Cl. The van der Waals surface area contributed by atoms with E-state index in [1.165, 1.54) is 42.3 Å². The number of benzene rings is 2. The minimum atomic E-state index is -4.56. The highest BCUT2D eigenvalue weighted by atomic mass is 35.5. The van der Waals surface area contributed by atoms with E-state index < -0.39 is 60.0 Å². The number of pyridine rings is 1. The Kier molecular flexibility index (Phi) is 16.1. The number of unbranched alkanes of at least 4 members (excludes halogenated alkanes) is 3. The molecule has 0 bridgehead atoms. The van der Waals surface area contributed by atoms with Crippen LogP contribution in [0.4, 0.5) is 13.9 Å². The van der Waals surface area contributed by atoms with Crippen molar-refractivity contribution in [1.82, 2.24) is 25.5 Å². The lowest BCUT2D eigenvalue weighted by molar-refractivity contribution is -0.131. The van der Waals surface area contributed by atoms with E-state index in [9.17, 15) is 32.6 Å². The first-order chi connectivity index (χ1) is 31.6. The number of nitrogens with zero attached hydrogens (tertiary/aromatic N) is 3. The molecule has 13 nitrogen and oxygen atoms in total. The van der Waals surface area contributed by atoms with E-state index in [0.717, 1.165) is 50.7 Å². The summed E-state index contributed by atoms with van der Waals surface area (Å²) in [5.41, 5.74) is 0.921. The maximum Gasteiger partial charge on any atom is 0.243 e. The second kappa shape index (κ2) is 21.5. The fourth-order valence-electron chi connectivity index (χ4n) is 9.26. The van der Waals surface area contributed by atoms with E-state index in [-0.39, 0.29) is 42.4 Å². The van der Waals surface area contributed by atoms with Gasteiger partial charge >= 0.3 is 0 Å². The van der Waals surface area contributed by atoms with Gasteiger partial charge in [0, 0.05) is 53.2 Å². The minimum absolute atomic E-state index is 0.0168. The summed E-state index contributed by atoms with van der Waals surface area (Å²) in [6.07, 6.45) is 12.3. The molecular formula is C48H60ClF2N6O7PS. The molecule has 3 aliphatic rings. The van der Waals surface area contributed by atoms with Gasteiger partial charge in [0.2, 0.25) is 25.6 Å². The number of carbonyl (C=O) groups is 3. The van der Waals surface area contributed by atoms with Gasteiger partial charge < -0.3 is 35.2 Å². The van der Waals surface area contributed by atoms with Crippen molar-refractivity contribution in [2.24, 2.45) is 11.8 Å². The quantitative estimate of drug-likeness (QED) is 0.0257. The van der Waals surface area contributed by atoms with Gasteiger partial charge in [-0.2, -0.15) is 0 Å². The lowest BCUT2D eigenvalue weighted by Crippen LogP contribution is -2.48. The van der Waals surface area contributed by atoms with Crippen molar-refractivity contribution in [3.8, 4) is 22.9 Å². The predicted molar refractivity (Wildman–Crippen MR) is 254 cm³/mol. The fraction of sp³-hybridized carbons (Fsp3) is 0.521. The second-order valence-electron chi connectivity index (χ2n) is 18.3. The molecule has 2 aromatic heterocycles. The first-order valence-corrected chi connectivity index (χ1v) is 26.0. The minimum Gasteiger partial charge on any atom is -0.495 e. The second-order valence-corrected chi connectivity index (χ2v) is 22.0. The highest BCUT2D eigenvalue weighted by Gasteiger charge is 2.66. The van der Waals surface area contributed by atoms with Crippen LogP contribution in [-0.2, 0) is 25.1 Å². The number of methoxy groups -OCH3 is 1. The van der Waals surface area contributed by atoms with Crippen LogP contribution in [0.5, 0.6) is 11.5 Å². The molecule has 0 spiro atoms. The Balaban J connectivity index is 1.04. The molecule has 2 aromatic carbocycles. The van der Waals surface area contributed by atoms with Crippen molar-refractivity contribution < 1.29 is 42.1 Å². The summed E-state index contributed by atoms with van der Waals surface area (Å²) < 4.78 is 56.3. The van der Waals surface area contributed by atoms with Gasteiger partial charge in [0.05, 0.1) is 31.0 Å². The molecule has 4 N–H and O–H groups in total. The Bertz CT molecular complexity index is 2450. The summed E-state index contributed by atoms with van der Waals surface area (Å²) in [4.78, 5) is 61.8. The molecule has 2 saturated carbocycles. The summed E-state index contributed by atoms with van der Waals surface area (Å²) in [7, 11) is -3.06.